The molecule has 4 aromatic rings. The number of ketones is 1. The second-order valence-corrected chi connectivity index (χ2v) is 14.5. The Morgan fingerprint density at radius 2 is 1.69 bits per heavy atom. The summed E-state index contributed by atoms with van der Waals surface area (Å²) in [6, 6.07) is 15.5. The van der Waals surface area contributed by atoms with Crippen molar-refractivity contribution >= 4 is 61.5 Å². The van der Waals surface area contributed by atoms with Gasteiger partial charge in [0.05, 0.1) is 18.5 Å². The molecule has 0 aliphatic carbocycles. The first kappa shape index (κ1) is 33.6. The topological polar surface area (TPSA) is 112 Å². The predicted molar refractivity (Wildman–Crippen MR) is 181 cm³/mol. The van der Waals surface area contributed by atoms with E-state index in [9.17, 15) is 27.2 Å². The minimum absolute atomic E-state index is 0.122. The number of hydrogen-bond acceptors (Lipinski definition) is 6. The smallest absolute Gasteiger partial charge is 0.247 e. The molecule has 2 amide bonds. The van der Waals surface area contributed by atoms with Crippen LogP contribution in [0.25, 0.3) is 22.0 Å². The van der Waals surface area contributed by atoms with Gasteiger partial charge in [-0.15, -0.1) is 0 Å². The van der Waals surface area contributed by atoms with Crippen molar-refractivity contribution in [2.75, 3.05) is 49.2 Å². The Kier molecular flexibility index (Phi) is 9.29. The molecule has 0 spiro atoms. The average Bonchev–Trinajstić information content (AvgIpc) is 3.62. The van der Waals surface area contributed by atoms with E-state index in [1.807, 2.05) is 17.0 Å². The summed E-state index contributed by atoms with van der Waals surface area (Å²) in [5, 5.41) is 3.49. The zero-order chi connectivity index (χ0) is 34.3. The van der Waals surface area contributed by atoms with E-state index in [0.717, 1.165) is 10.6 Å². The number of amides is 2. The third kappa shape index (κ3) is 6.67. The molecule has 10 nitrogen and oxygen atoms in total. The van der Waals surface area contributed by atoms with E-state index in [4.69, 9.17) is 11.6 Å². The van der Waals surface area contributed by atoms with E-state index in [-0.39, 0.29) is 36.5 Å². The van der Waals surface area contributed by atoms with Gasteiger partial charge in [-0.1, -0.05) is 41.9 Å². The fraction of sp³-hybridized carbons (Fsp3) is 0.324. The normalized spacial score (nSPS) is 18.8. The van der Waals surface area contributed by atoms with Crippen LogP contribution in [0.1, 0.15) is 23.7 Å². The van der Waals surface area contributed by atoms with Crippen molar-refractivity contribution in [3.8, 4) is 11.1 Å². The molecule has 1 N–H and O–H groups in total. The second kappa shape index (κ2) is 13.3. The van der Waals surface area contributed by atoms with Crippen LogP contribution >= 0.6 is 11.6 Å². The number of carbonyl (C=O) groups is 3. The number of sulfonamides is 1. The first-order valence-electron chi connectivity index (χ1n) is 15.4. The number of benzene rings is 3. The number of alkyl halides is 1. The third-order valence-corrected chi connectivity index (χ3v) is 10.5. The maximum absolute atomic E-state index is 15.5. The minimum atomic E-state index is -3.29. The van der Waals surface area contributed by atoms with E-state index < -0.39 is 39.9 Å². The van der Waals surface area contributed by atoms with Crippen LogP contribution in [0.5, 0.6) is 0 Å². The molecule has 2 unspecified atom stereocenters. The highest BCUT2D eigenvalue weighted by Gasteiger charge is 2.40. The SMILES string of the molecule is CC(=O)c1cn(CC(=O)N2CC(F)CC2C(=O)Nc2cccc(-c3ccccc3Cl)c2F)c2ccc(N3CCN(S(C)(=O)=O)CC3)cc12. The molecule has 2 saturated heterocycles. The number of rotatable bonds is 8. The minimum Gasteiger partial charge on any atom is -0.369 e. The van der Waals surface area contributed by atoms with Crippen molar-refractivity contribution in [2.24, 2.45) is 0 Å². The lowest BCUT2D eigenvalue weighted by atomic mass is 10.0. The average molecular weight is 698 g/mol. The molecule has 0 saturated carbocycles. The van der Waals surface area contributed by atoms with E-state index >= 15 is 4.39 Å². The number of piperazine rings is 1. The van der Waals surface area contributed by atoms with Crippen LogP contribution in [-0.4, -0.2) is 91.0 Å². The van der Waals surface area contributed by atoms with Crippen LogP contribution < -0.4 is 10.2 Å². The second-order valence-electron chi connectivity index (χ2n) is 12.1. The Morgan fingerprint density at radius 1 is 0.979 bits per heavy atom. The molecule has 1 aromatic heterocycles. The largest absolute Gasteiger partial charge is 0.369 e. The fourth-order valence-corrected chi connectivity index (χ4v) is 7.51. The summed E-state index contributed by atoms with van der Waals surface area (Å²) in [7, 11) is -3.29. The van der Waals surface area contributed by atoms with Gasteiger partial charge in [0.2, 0.25) is 21.8 Å². The molecule has 0 radical (unpaired) electrons. The zero-order valence-corrected chi connectivity index (χ0v) is 27.9. The van der Waals surface area contributed by atoms with Crippen molar-refractivity contribution < 1.29 is 31.6 Å². The molecule has 2 aliphatic rings. The fourth-order valence-electron chi connectivity index (χ4n) is 6.45. The standard InChI is InChI=1S/C34H34ClF2N5O5S/c1-21(43)27-19-40(30-11-10-23(17-26(27)30)39-12-14-41(15-13-39)48(2,46)47)20-32(44)42-18-22(36)16-31(42)34(45)38-29-9-5-7-25(33(29)37)24-6-3-4-8-28(24)35/h3-11,17,19,22,31H,12-16,18,20H2,1-2H3,(H,38,45). The first-order chi connectivity index (χ1) is 22.8. The lowest BCUT2D eigenvalue weighted by Gasteiger charge is -2.34. The molecule has 14 heteroatoms. The van der Waals surface area contributed by atoms with E-state index in [2.05, 4.69) is 5.32 Å². The number of nitrogens with zero attached hydrogens (tertiary/aromatic N) is 4. The number of nitrogens with one attached hydrogen (secondary N) is 1. The number of Topliss-reactive ketones (excluding diaryl/α,β-unsaturated/α-hetero) is 1. The molecule has 2 atom stereocenters. The lowest BCUT2D eigenvalue weighted by molar-refractivity contribution is -0.137. The van der Waals surface area contributed by atoms with Crippen molar-refractivity contribution in [3.05, 3.63) is 83.3 Å². The Bertz CT molecular complexity index is 2030. The van der Waals surface area contributed by atoms with Crippen molar-refractivity contribution in [1.29, 1.82) is 0 Å². The monoisotopic (exact) mass is 697 g/mol. The van der Waals surface area contributed by atoms with Gasteiger partial charge >= 0.3 is 0 Å². The van der Waals surface area contributed by atoms with Crippen LogP contribution in [0.3, 0.4) is 0 Å². The maximum Gasteiger partial charge on any atom is 0.247 e. The molecular formula is C34H34ClF2N5O5S. The Labute approximate surface area is 281 Å². The summed E-state index contributed by atoms with van der Waals surface area (Å²) < 4.78 is 57.2. The molecule has 2 fully saturated rings. The van der Waals surface area contributed by atoms with Gasteiger partial charge in [0.25, 0.3) is 0 Å². The van der Waals surface area contributed by atoms with Crippen LogP contribution in [0.15, 0.2) is 66.9 Å². The van der Waals surface area contributed by atoms with Crippen molar-refractivity contribution in [1.82, 2.24) is 13.8 Å². The number of likely N-dealkylation sites (tertiary alicyclic amines) is 1. The van der Waals surface area contributed by atoms with Gasteiger partial charge in [0.1, 0.15) is 18.8 Å². The van der Waals surface area contributed by atoms with Gasteiger partial charge in [-0.3, -0.25) is 14.4 Å². The highest BCUT2D eigenvalue weighted by Crippen LogP contribution is 2.34. The molecule has 252 valence electrons. The number of hydrogen-bond donors (Lipinski definition) is 1. The Balaban J connectivity index is 1.21. The summed E-state index contributed by atoms with van der Waals surface area (Å²) in [6.07, 6.45) is 1.06. The summed E-state index contributed by atoms with van der Waals surface area (Å²) in [5.41, 5.74) is 2.30. The molecule has 48 heavy (non-hydrogen) atoms. The predicted octanol–water partition coefficient (Wildman–Crippen LogP) is 4.96. The van der Waals surface area contributed by atoms with Gasteiger partial charge in [0, 0.05) is 77.1 Å². The maximum atomic E-state index is 15.5. The Morgan fingerprint density at radius 3 is 2.38 bits per heavy atom. The number of anilines is 2. The number of aromatic nitrogens is 1. The van der Waals surface area contributed by atoms with Gasteiger partial charge < -0.3 is 19.7 Å². The zero-order valence-electron chi connectivity index (χ0n) is 26.3. The first-order valence-corrected chi connectivity index (χ1v) is 17.7. The third-order valence-electron chi connectivity index (χ3n) is 8.92. The van der Waals surface area contributed by atoms with Crippen LogP contribution in [-0.2, 0) is 26.2 Å². The van der Waals surface area contributed by atoms with E-state index in [1.54, 1.807) is 47.2 Å². The number of halogens is 3. The number of fused-ring (bicyclic) bond motifs is 1. The number of carbonyl (C=O) groups excluding carboxylic acids is 3. The lowest BCUT2D eigenvalue weighted by Crippen LogP contribution is -2.48. The Hall–Kier alpha value is -4.33. The highest BCUT2D eigenvalue weighted by atomic mass is 35.5. The van der Waals surface area contributed by atoms with Crippen molar-refractivity contribution in [2.45, 2.75) is 32.1 Å². The quantitative estimate of drug-likeness (QED) is 0.261. The summed E-state index contributed by atoms with van der Waals surface area (Å²) >= 11 is 6.26. The highest BCUT2D eigenvalue weighted by molar-refractivity contribution is 7.88. The van der Waals surface area contributed by atoms with E-state index in [1.165, 1.54) is 29.6 Å². The van der Waals surface area contributed by atoms with Crippen LogP contribution in [0, 0.1) is 5.82 Å². The van der Waals surface area contributed by atoms with Gasteiger partial charge in [-0.2, -0.15) is 4.31 Å². The van der Waals surface area contributed by atoms with Gasteiger partial charge in [0.15, 0.2) is 11.6 Å². The van der Waals surface area contributed by atoms with E-state index in [0.29, 0.717) is 53.2 Å². The van der Waals surface area contributed by atoms with Gasteiger partial charge in [-0.25, -0.2) is 17.2 Å². The molecule has 2 aliphatic heterocycles. The summed E-state index contributed by atoms with van der Waals surface area (Å²) in [5.74, 6) is -2.18. The summed E-state index contributed by atoms with van der Waals surface area (Å²) in [4.78, 5) is 42.9. The molecule has 3 aromatic carbocycles. The molecule has 0 bridgehead atoms. The molecular weight excluding hydrogens is 664 g/mol. The van der Waals surface area contributed by atoms with Crippen LogP contribution in [0.2, 0.25) is 5.02 Å². The van der Waals surface area contributed by atoms with Crippen molar-refractivity contribution in [3.63, 3.8) is 0 Å². The van der Waals surface area contributed by atoms with Crippen LogP contribution in [0.4, 0.5) is 20.2 Å². The van der Waals surface area contributed by atoms with Gasteiger partial charge in [-0.05, 0) is 37.3 Å². The summed E-state index contributed by atoms with van der Waals surface area (Å²) in [6.45, 7) is 2.49. The molecule has 6 rings (SSSR count). The molecule has 3 heterocycles.